The second kappa shape index (κ2) is 7.23. The Kier molecular flexibility index (Phi) is 5.21. The standard InChI is InChI=1S/C16H18ClN3O4S/c1-18-10(8-5-3-2-4-6-8)13(21)19-11-14(22)20-12(16(23)24)9(17)7-25-15(11)20/h2-6,9-12,15,18H,7H2,1H3,(H,19,21)(H,23,24)/t9?,10-,11-,12?,15?/m1/s1. The third-order valence-electron chi connectivity index (χ3n) is 4.38. The van der Waals surface area contributed by atoms with Crippen LogP contribution in [0.15, 0.2) is 30.3 Å². The molecule has 0 aromatic heterocycles. The molecule has 1 aromatic carbocycles. The van der Waals surface area contributed by atoms with Gasteiger partial charge in [0.15, 0.2) is 0 Å². The molecule has 2 aliphatic rings. The zero-order chi connectivity index (χ0) is 18.1. The van der Waals surface area contributed by atoms with Gasteiger partial charge < -0.3 is 20.6 Å². The first-order valence-electron chi connectivity index (χ1n) is 7.79. The van der Waals surface area contributed by atoms with Gasteiger partial charge in [0.25, 0.3) is 0 Å². The number of nitrogens with zero attached hydrogens (tertiary/aromatic N) is 1. The molecule has 0 saturated carbocycles. The minimum absolute atomic E-state index is 0.327. The molecule has 3 rings (SSSR count). The monoisotopic (exact) mass is 383 g/mol. The van der Waals surface area contributed by atoms with Crippen LogP contribution >= 0.6 is 23.4 Å². The summed E-state index contributed by atoms with van der Waals surface area (Å²) in [5, 5.41) is 13.9. The second-order valence-electron chi connectivity index (χ2n) is 5.89. The average Bonchev–Trinajstić information content (AvgIpc) is 2.60. The molecule has 25 heavy (non-hydrogen) atoms. The molecule has 2 saturated heterocycles. The number of carbonyl (C=O) groups excluding carboxylic acids is 2. The molecule has 2 heterocycles. The van der Waals surface area contributed by atoms with Crippen molar-refractivity contribution in [3.63, 3.8) is 0 Å². The van der Waals surface area contributed by atoms with Gasteiger partial charge in [0.05, 0.1) is 5.38 Å². The van der Waals surface area contributed by atoms with Gasteiger partial charge in [-0.3, -0.25) is 9.59 Å². The van der Waals surface area contributed by atoms with E-state index < -0.39 is 40.8 Å². The Hall–Kier alpha value is -1.77. The van der Waals surface area contributed by atoms with Crippen molar-refractivity contribution in [2.45, 2.75) is 28.9 Å². The number of amides is 2. The molecular formula is C16H18ClN3O4S. The first-order chi connectivity index (χ1) is 12.0. The summed E-state index contributed by atoms with van der Waals surface area (Å²) in [6, 6.07) is 6.79. The molecule has 7 nitrogen and oxygen atoms in total. The number of β-lactam (4-membered cyclic amide) rings is 1. The zero-order valence-electron chi connectivity index (χ0n) is 13.4. The molecule has 0 aliphatic carbocycles. The van der Waals surface area contributed by atoms with E-state index in [2.05, 4.69) is 10.6 Å². The molecule has 2 aliphatic heterocycles. The van der Waals surface area contributed by atoms with Gasteiger partial charge >= 0.3 is 5.97 Å². The number of alkyl halides is 1. The van der Waals surface area contributed by atoms with E-state index in [4.69, 9.17) is 11.6 Å². The number of aliphatic carboxylic acids is 1. The van der Waals surface area contributed by atoms with Crippen molar-refractivity contribution in [2.75, 3.05) is 12.8 Å². The van der Waals surface area contributed by atoms with Crippen LogP contribution in [0.1, 0.15) is 11.6 Å². The summed E-state index contributed by atoms with van der Waals surface area (Å²) in [6.45, 7) is 0. The lowest BCUT2D eigenvalue weighted by Crippen LogP contribution is -2.76. The molecule has 5 atom stereocenters. The highest BCUT2D eigenvalue weighted by atomic mass is 35.5. The number of rotatable bonds is 5. The van der Waals surface area contributed by atoms with Crippen molar-refractivity contribution in [2.24, 2.45) is 0 Å². The molecule has 0 radical (unpaired) electrons. The lowest BCUT2D eigenvalue weighted by atomic mass is 9.99. The Morgan fingerprint density at radius 2 is 2.04 bits per heavy atom. The van der Waals surface area contributed by atoms with Crippen molar-refractivity contribution in [3.05, 3.63) is 35.9 Å². The van der Waals surface area contributed by atoms with Crippen molar-refractivity contribution in [1.29, 1.82) is 0 Å². The predicted octanol–water partition coefficient (Wildman–Crippen LogP) is 0.408. The molecule has 3 unspecified atom stereocenters. The number of hydrogen-bond acceptors (Lipinski definition) is 5. The Bertz CT molecular complexity index is 689. The van der Waals surface area contributed by atoms with Crippen LogP contribution in [0.3, 0.4) is 0 Å². The van der Waals surface area contributed by atoms with Gasteiger partial charge in [-0.25, -0.2) is 4.79 Å². The minimum atomic E-state index is -1.12. The van der Waals surface area contributed by atoms with Crippen molar-refractivity contribution >= 4 is 41.1 Å². The van der Waals surface area contributed by atoms with Gasteiger partial charge in [-0.05, 0) is 12.6 Å². The number of carboxylic acid groups (broad SMARTS) is 1. The maximum absolute atomic E-state index is 12.6. The normalized spacial score (nSPS) is 29.4. The van der Waals surface area contributed by atoms with Gasteiger partial charge in [0.1, 0.15) is 23.5 Å². The Morgan fingerprint density at radius 3 is 2.64 bits per heavy atom. The van der Waals surface area contributed by atoms with Crippen LogP contribution in [0, 0.1) is 0 Å². The molecular weight excluding hydrogens is 366 g/mol. The van der Waals surface area contributed by atoms with E-state index in [0.29, 0.717) is 5.75 Å². The number of likely N-dealkylation sites (N-methyl/N-ethyl adjacent to an activating group) is 1. The van der Waals surface area contributed by atoms with Gasteiger partial charge in [0.2, 0.25) is 11.8 Å². The fourth-order valence-electron chi connectivity index (χ4n) is 3.15. The molecule has 2 fully saturated rings. The van der Waals surface area contributed by atoms with E-state index in [1.54, 1.807) is 7.05 Å². The van der Waals surface area contributed by atoms with Crippen LogP contribution in [0.4, 0.5) is 0 Å². The van der Waals surface area contributed by atoms with Crippen molar-refractivity contribution in [1.82, 2.24) is 15.5 Å². The summed E-state index contributed by atoms with van der Waals surface area (Å²) in [7, 11) is 1.67. The van der Waals surface area contributed by atoms with E-state index in [0.717, 1.165) is 5.56 Å². The largest absolute Gasteiger partial charge is 0.480 e. The SMILES string of the molecule is CN[C@@H](C(=O)N[C@@H]1C(=O)N2C(C(=O)O)C(Cl)CSC12)c1ccccc1. The van der Waals surface area contributed by atoms with Crippen LogP contribution in [0.25, 0.3) is 0 Å². The summed E-state index contributed by atoms with van der Waals surface area (Å²) in [4.78, 5) is 37.6. The first-order valence-corrected chi connectivity index (χ1v) is 9.27. The predicted molar refractivity (Wildman–Crippen MR) is 94.3 cm³/mol. The van der Waals surface area contributed by atoms with Crippen LogP contribution in [0.5, 0.6) is 0 Å². The van der Waals surface area contributed by atoms with Gasteiger partial charge in [-0.2, -0.15) is 0 Å². The summed E-state index contributed by atoms with van der Waals surface area (Å²) in [6.07, 6.45) is 0. The average molecular weight is 384 g/mol. The molecule has 0 bridgehead atoms. The van der Waals surface area contributed by atoms with Gasteiger partial charge in [-0.15, -0.1) is 23.4 Å². The minimum Gasteiger partial charge on any atom is -0.480 e. The Balaban J connectivity index is 1.71. The van der Waals surface area contributed by atoms with Crippen molar-refractivity contribution in [3.8, 4) is 0 Å². The molecule has 134 valence electrons. The lowest BCUT2D eigenvalue weighted by molar-refractivity contribution is -0.162. The number of thioether (sulfide) groups is 1. The quantitative estimate of drug-likeness (QED) is 0.503. The fraction of sp³-hybridized carbons (Fsp3) is 0.438. The number of nitrogens with one attached hydrogen (secondary N) is 2. The smallest absolute Gasteiger partial charge is 0.328 e. The first kappa shape index (κ1) is 18.0. The summed E-state index contributed by atoms with van der Waals surface area (Å²) >= 11 is 7.44. The van der Waals surface area contributed by atoms with Crippen LogP contribution < -0.4 is 10.6 Å². The van der Waals surface area contributed by atoms with Crippen molar-refractivity contribution < 1.29 is 19.5 Å². The number of carboxylic acids is 1. The van der Waals surface area contributed by atoms with E-state index in [9.17, 15) is 19.5 Å². The van der Waals surface area contributed by atoms with Crippen LogP contribution in [0.2, 0.25) is 0 Å². The highest BCUT2D eigenvalue weighted by Crippen LogP contribution is 2.40. The summed E-state index contributed by atoms with van der Waals surface area (Å²) < 4.78 is 0. The lowest BCUT2D eigenvalue weighted by Gasteiger charge is -2.53. The number of halogens is 1. The topological polar surface area (TPSA) is 98.7 Å². The van der Waals surface area contributed by atoms with E-state index >= 15 is 0 Å². The number of fused-ring (bicyclic) bond motifs is 1. The van der Waals surface area contributed by atoms with Crippen LogP contribution in [-0.4, -0.2) is 63.4 Å². The summed E-state index contributed by atoms with van der Waals surface area (Å²) in [5.74, 6) is -1.45. The van der Waals surface area contributed by atoms with E-state index in [1.165, 1.54) is 16.7 Å². The third kappa shape index (κ3) is 3.21. The van der Waals surface area contributed by atoms with Gasteiger partial charge in [0, 0.05) is 5.75 Å². The van der Waals surface area contributed by atoms with E-state index in [-0.39, 0.29) is 5.91 Å². The zero-order valence-corrected chi connectivity index (χ0v) is 15.0. The Morgan fingerprint density at radius 1 is 1.36 bits per heavy atom. The van der Waals surface area contributed by atoms with E-state index in [1.807, 2.05) is 30.3 Å². The molecule has 1 aromatic rings. The molecule has 0 spiro atoms. The fourth-order valence-corrected chi connectivity index (χ4v) is 4.94. The summed E-state index contributed by atoms with van der Waals surface area (Å²) in [5.41, 5.74) is 0.784. The van der Waals surface area contributed by atoms with Gasteiger partial charge in [-0.1, -0.05) is 30.3 Å². The highest BCUT2D eigenvalue weighted by Gasteiger charge is 2.57. The second-order valence-corrected chi connectivity index (χ2v) is 7.60. The third-order valence-corrected chi connectivity index (χ3v) is 6.35. The molecule has 2 amide bonds. The van der Waals surface area contributed by atoms with Crippen LogP contribution in [-0.2, 0) is 14.4 Å². The number of benzene rings is 1. The maximum atomic E-state index is 12.6. The number of hydrogen-bond donors (Lipinski definition) is 3. The molecule has 9 heteroatoms. The molecule has 3 N–H and O–H groups in total. The highest BCUT2D eigenvalue weighted by molar-refractivity contribution is 8.00. The Labute approximate surface area is 154 Å². The maximum Gasteiger partial charge on any atom is 0.328 e. The number of carbonyl (C=O) groups is 3.